The quantitative estimate of drug-likeness (QED) is 0.377. The first-order valence-corrected chi connectivity index (χ1v) is 4.48. The number of nitrogens with zero attached hydrogens (tertiary/aromatic N) is 2. The van der Waals surface area contributed by atoms with E-state index in [0.29, 0.717) is 0 Å². The smallest absolute Gasteiger partial charge is 0.276 e. The maximum absolute atomic E-state index is 10.6. The van der Waals surface area contributed by atoms with Crippen LogP contribution in [0.15, 0.2) is 54.9 Å². The Bertz CT molecular complexity index is 488. The predicted octanol–water partition coefficient (Wildman–Crippen LogP) is -1.12. The molecule has 5 heteroatoms. The van der Waals surface area contributed by atoms with Crippen LogP contribution in [0.4, 0.5) is 5.69 Å². The number of hydrogen-bond acceptors (Lipinski definition) is 2. The molecule has 0 bridgehead atoms. The van der Waals surface area contributed by atoms with Crippen LogP contribution >= 0.6 is 0 Å². The summed E-state index contributed by atoms with van der Waals surface area (Å²) in [6.07, 6.45) is 3.69. The van der Waals surface area contributed by atoms with E-state index in [4.69, 9.17) is 0 Å². The van der Waals surface area contributed by atoms with Crippen LogP contribution < -0.4 is 17.0 Å². The van der Waals surface area contributed by atoms with Gasteiger partial charge in [-0.3, -0.25) is 10.1 Å². The van der Waals surface area contributed by atoms with Gasteiger partial charge < -0.3 is 12.4 Å². The van der Waals surface area contributed by atoms with Gasteiger partial charge in [-0.05, 0) is 6.07 Å². The molecule has 0 fully saturated rings. The van der Waals surface area contributed by atoms with Crippen LogP contribution in [0, 0.1) is 10.1 Å². The first-order chi connectivity index (χ1) is 7.27. The molecule has 0 saturated heterocycles. The lowest BCUT2D eigenvalue weighted by atomic mass is 10.3. The van der Waals surface area contributed by atoms with Crippen LogP contribution in [0.3, 0.4) is 0 Å². The summed E-state index contributed by atoms with van der Waals surface area (Å²) in [4.78, 5) is 10.2. The van der Waals surface area contributed by atoms with Gasteiger partial charge in [-0.25, -0.2) is 0 Å². The van der Waals surface area contributed by atoms with E-state index in [1.165, 1.54) is 6.07 Å². The van der Waals surface area contributed by atoms with Gasteiger partial charge in [0.25, 0.3) is 5.69 Å². The van der Waals surface area contributed by atoms with E-state index in [1.54, 1.807) is 12.1 Å². The molecular formula is C11H9ClN2O2. The summed E-state index contributed by atoms with van der Waals surface area (Å²) in [7, 11) is 0. The number of aromatic nitrogens is 1. The van der Waals surface area contributed by atoms with Crippen molar-refractivity contribution < 1.29 is 21.9 Å². The number of pyridine rings is 1. The standard InChI is InChI=1S/C11H9N2O2.ClH/c14-13(15)11-6-4-5-10(9-11)12-7-2-1-3-8-12;/h1-9H;1H/q+1;/p-1. The van der Waals surface area contributed by atoms with Crippen molar-refractivity contribution in [1.82, 2.24) is 0 Å². The van der Waals surface area contributed by atoms with E-state index in [9.17, 15) is 10.1 Å². The molecule has 16 heavy (non-hydrogen) atoms. The molecule has 2 aromatic rings. The van der Waals surface area contributed by atoms with Gasteiger partial charge in [-0.1, -0.05) is 6.07 Å². The fourth-order valence-electron chi connectivity index (χ4n) is 1.34. The zero-order chi connectivity index (χ0) is 10.7. The molecule has 0 atom stereocenters. The van der Waals surface area contributed by atoms with E-state index < -0.39 is 4.92 Å². The molecule has 0 aliphatic heterocycles. The normalized spacial score (nSPS) is 9.25. The number of benzene rings is 1. The van der Waals surface area contributed by atoms with Crippen molar-refractivity contribution >= 4 is 5.69 Å². The Morgan fingerprint density at radius 3 is 2.38 bits per heavy atom. The molecule has 2 rings (SSSR count). The maximum atomic E-state index is 10.6. The highest BCUT2D eigenvalue weighted by Crippen LogP contribution is 2.12. The first-order valence-electron chi connectivity index (χ1n) is 4.48. The van der Waals surface area contributed by atoms with Gasteiger partial charge in [0.1, 0.15) is 0 Å². The van der Waals surface area contributed by atoms with Gasteiger partial charge in [-0.15, -0.1) is 0 Å². The Morgan fingerprint density at radius 2 is 1.75 bits per heavy atom. The molecule has 0 unspecified atom stereocenters. The van der Waals surface area contributed by atoms with Crippen molar-refractivity contribution in [2.75, 3.05) is 0 Å². The highest BCUT2D eigenvalue weighted by Gasteiger charge is 2.10. The summed E-state index contributed by atoms with van der Waals surface area (Å²) < 4.78 is 1.83. The minimum Gasteiger partial charge on any atom is -1.00 e. The zero-order valence-corrected chi connectivity index (χ0v) is 9.04. The second-order valence-corrected chi connectivity index (χ2v) is 3.06. The lowest BCUT2D eigenvalue weighted by molar-refractivity contribution is -0.596. The number of nitro benzene ring substituents is 1. The second-order valence-electron chi connectivity index (χ2n) is 3.06. The Morgan fingerprint density at radius 1 is 1.06 bits per heavy atom. The molecule has 0 spiro atoms. The highest BCUT2D eigenvalue weighted by molar-refractivity contribution is 5.38. The number of hydrogen-bond donors (Lipinski definition) is 0. The summed E-state index contributed by atoms with van der Waals surface area (Å²) in [5, 5.41) is 10.6. The minimum absolute atomic E-state index is 0. The fourth-order valence-corrected chi connectivity index (χ4v) is 1.34. The zero-order valence-electron chi connectivity index (χ0n) is 8.29. The lowest BCUT2D eigenvalue weighted by Gasteiger charge is -1.94. The molecule has 0 aliphatic rings. The molecule has 0 radical (unpaired) electrons. The van der Waals surface area contributed by atoms with E-state index in [2.05, 4.69) is 0 Å². The van der Waals surface area contributed by atoms with Gasteiger partial charge in [0.2, 0.25) is 5.69 Å². The fraction of sp³-hybridized carbons (Fsp3) is 0. The largest absolute Gasteiger partial charge is 1.00 e. The van der Waals surface area contributed by atoms with Crippen molar-refractivity contribution in [3.05, 3.63) is 65.0 Å². The average molecular weight is 237 g/mol. The van der Waals surface area contributed by atoms with Gasteiger partial charge in [0, 0.05) is 24.3 Å². The summed E-state index contributed by atoms with van der Waals surface area (Å²) in [6.45, 7) is 0. The molecule has 82 valence electrons. The lowest BCUT2D eigenvalue weighted by Crippen LogP contribution is -3.00. The maximum Gasteiger partial charge on any atom is 0.276 e. The first kappa shape index (κ1) is 12.1. The van der Waals surface area contributed by atoms with Crippen molar-refractivity contribution in [1.29, 1.82) is 0 Å². The van der Waals surface area contributed by atoms with Crippen molar-refractivity contribution in [2.24, 2.45) is 0 Å². The Kier molecular flexibility index (Phi) is 3.96. The van der Waals surface area contributed by atoms with Crippen LogP contribution in [0.1, 0.15) is 0 Å². The van der Waals surface area contributed by atoms with Crippen LogP contribution in [0.5, 0.6) is 0 Å². The monoisotopic (exact) mass is 236 g/mol. The molecule has 0 amide bonds. The van der Waals surface area contributed by atoms with Crippen molar-refractivity contribution in [3.63, 3.8) is 0 Å². The van der Waals surface area contributed by atoms with E-state index in [-0.39, 0.29) is 18.1 Å². The molecule has 0 N–H and O–H groups in total. The molecule has 0 saturated carbocycles. The minimum atomic E-state index is -0.396. The Balaban J connectivity index is 0.00000128. The van der Waals surface area contributed by atoms with Gasteiger partial charge in [0.15, 0.2) is 12.4 Å². The Labute approximate surface area is 98.7 Å². The molecule has 1 heterocycles. The van der Waals surface area contributed by atoms with Gasteiger partial charge in [0.05, 0.1) is 11.0 Å². The number of halogens is 1. The summed E-state index contributed by atoms with van der Waals surface area (Å²) in [6, 6.07) is 12.2. The second kappa shape index (κ2) is 5.23. The summed E-state index contributed by atoms with van der Waals surface area (Å²) >= 11 is 0. The van der Waals surface area contributed by atoms with E-state index in [1.807, 2.05) is 41.2 Å². The van der Waals surface area contributed by atoms with Crippen molar-refractivity contribution in [3.8, 4) is 5.69 Å². The number of nitro groups is 1. The number of non-ortho nitro benzene ring substituents is 1. The number of rotatable bonds is 2. The predicted molar refractivity (Wildman–Crippen MR) is 54.6 cm³/mol. The summed E-state index contributed by atoms with van der Waals surface area (Å²) in [5.74, 6) is 0. The van der Waals surface area contributed by atoms with Crippen LogP contribution in [-0.4, -0.2) is 4.92 Å². The van der Waals surface area contributed by atoms with Gasteiger partial charge in [-0.2, -0.15) is 4.57 Å². The SMILES string of the molecule is O=[N+]([O-])c1cccc(-[n+]2ccccc2)c1.[Cl-]. The third-order valence-corrected chi connectivity index (χ3v) is 2.05. The third-order valence-electron chi connectivity index (χ3n) is 2.05. The molecule has 4 nitrogen and oxygen atoms in total. The van der Waals surface area contributed by atoms with E-state index >= 15 is 0 Å². The molecule has 1 aromatic carbocycles. The average Bonchev–Trinajstić information content (AvgIpc) is 2.30. The molecule has 1 aromatic heterocycles. The topological polar surface area (TPSA) is 47.0 Å². The summed E-state index contributed by atoms with van der Waals surface area (Å²) in [5.41, 5.74) is 0.883. The Hall–Kier alpha value is -1.94. The van der Waals surface area contributed by atoms with Crippen LogP contribution in [-0.2, 0) is 0 Å². The third kappa shape index (κ3) is 2.55. The van der Waals surface area contributed by atoms with E-state index in [0.717, 1.165) is 5.69 Å². The van der Waals surface area contributed by atoms with Gasteiger partial charge >= 0.3 is 0 Å². The van der Waals surface area contributed by atoms with Crippen LogP contribution in [0.2, 0.25) is 0 Å². The van der Waals surface area contributed by atoms with Crippen molar-refractivity contribution in [2.45, 2.75) is 0 Å². The van der Waals surface area contributed by atoms with Crippen LogP contribution in [0.25, 0.3) is 5.69 Å². The highest BCUT2D eigenvalue weighted by atomic mass is 35.5. The molecular weight excluding hydrogens is 228 g/mol. The molecule has 0 aliphatic carbocycles.